The van der Waals surface area contributed by atoms with Gasteiger partial charge in [0, 0.05) is 12.0 Å². The molecule has 2 atom stereocenters. The van der Waals surface area contributed by atoms with Crippen LogP contribution in [0.1, 0.15) is 43.0 Å². The summed E-state index contributed by atoms with van der Waals surface area (Å²) in [6.45, 7) is 0.849. The van der Waals surface area contributed by atoms with Crippen molar-refractivity contribution in [2.24, 2.45) is 5.92 Å². The summed E-state index contributed by atoms with van der Waals surface area (Å²) in [6.07, 6.45) is 9.78. The van der Waals surface area contributed by atoms with Crippen LogP contribution in [0.15, 0.2) is 23.0 Å². The monoisotopic (exact) mass is 329 g/mol. The number of rotatable bonds is 3. The molecule has 1 fully saturated rings. The molecule has 1 aliphatic heterocycles. The minimum Gasteiger partial charge on any atom is -0.377 e. The van der Waals surface area contributed by atoms with Crippen LogP contribution in [0.2, 0.25) is 0 Å². The lowest BCUT2D eigenvalue weighted by atomic mass is 9.97. The Morgan fingerprint density at radius 1 is 1.21 bits per heavy atom. The highest BCUT2D eigenvalue weighted by atomic mass is 16.5. The van der Waals surface area contributed by atoms with Gasteiger partial charge in [0.2, 0.25) is 5.91 Å². The summed E-state index contributed by atoms with van der Waals surface area (Å²) in [4.78, 5) is 24.9. The zero-order chi connectivity index (χ0) is 16.5. The molecule has 1 amide bonds. The van der Waals surface area contributed by atoms with Gasteiger partial charge >= 0.3 is 0 Å². The van der Waals surface area contributed by atoms with E-state index in [1.807, 2.05) is 12.2 Å². The van der Waals surface area contributed by atoms with Crippen LogP contribution in [-0.4, -0.2) is 34.9 Å². The van der Waals surface area contributed by atoms with Crippen molar-refractivity contribution in [3.05, 3.63) is 39.8 Å². The Hall–Kier alpha value is -1.95. The zero-order valence-electron chi connectivity index (χ0n) is 13.7. The van der Waals surface area contributed by atoms with Crippen LogP contribution in [0, 0.1) is 5.92 Å². The van der Waals surface area contributed by atoms with Crippen molar-refractivity contribution in [2.45, 2.75) is 50.6 Å². The van der Waals surface area contributed by atoms with Crippen LogP contribution in [-0.2, 0) is 22.4 Å². The lowest BCUT2D eigenvalue weighted by Crippen LogP contribution is -2.46. The zero-order valence-corrected chi connectivity index (χ0v) is 13.7. The third kappa shape index (κ3) is 2.90. The van der Waals surface area contributed by atoms with Crippen LogP contribution >= 0.6 is 0 Å². The van der Waals surface area contributed by atoms with Gasteiger partial charge in [0.05, 0.1) is 24.9 Å². The minimum atomic E-state index is -0.219. The number of amides is 1. The number of ether oxygens (including phenoxy) is 1. The summed E-state index contributed by atoms with van der Waals surface area (Å²) in [5.74, 6) is 0.0611. The molecule has 0 radical (unpaired) electrons. The minimum absolute atomic E-state index is 0.0134. The number of hydrogen-bond acceptors (Lipinski definition) is 4. The van der Waals surface area contributed by atoms with E-state index in [9.17, 15) is 9.59 Å². The highest BCUT2D eigenvalue weighted by Crippen LogP contribution is 2.23. The number of hydrogen-bond donors (Lipinski definition) is 1. The number of allylic oxidation sites excluding steroid dienone is 2. The molecule has 4 rings (SSSR count). The van der Waals surface area contributed by atoms with Crippen molar-refractivity contribution < 1.29 is 9.53 Å². The maximum absolute atomic E-state index is 12.5. The second kappa shape index (κ2) is 6.51. The number of fused-ring (bicyclic) bond motifs is 1. The summed E-state index contributed by atoms with van der Waals surface area (Å²) in [5.41, 5.74) is 2.02. The van der Waals surface area contributed by atoms with Gasteiger partial charge in [-0.25, -0.2) is 4.68 Å². The Balaban J connectivity index is 1.54. The Kier molecular flexibility index (Phi) is 4.22. The molecule has 24 heavy (non-hydrogen) atoms. The summed E-state index contributed by atoms with van der Waals surface area (Å²) in [7, 11) is 0. The molecule has 128 valence electrons. The maximum Gasteiger partial charge on any atom is 0.267 e. The first-order valence-corrected chi connectivity index (χ1v) is 8.87. The lowest BCUT2D eigenvalue weighted by Gasteiger charge is -2.23. The Bertz CT molecular complexity index is 717. The lowest BCUT2D eigenvalue weighted by molar-refractivity contribution is -0.125. The molecular weight excluding hydrogens is 306 g/mol. The van der Waals surface area contributed by atoms with Gasteiger partial charge in [0.1, 0.15) is 6.04 Å². The fraction of sp³-hybridized carbons (Fsp3) is 0.611. The molecule has 2 heterocycles. The molecule has 0 bridgehead atoms. The van der Waals surface area contributed by atoms with E-state index in [-0.39, 0.29) is 29.5 Å². The molecule has 0 saturated carbocycles. The second-order valence-electron chi connectivity index (χ2n) is 6.97. The molecule has 1 aromatic rings. The number of carbonyl (C=O) groups is 1. The first-order chi connectivity index (χ1) is 11.7. The number of aromatic nitrogens is 2. The van der Waals surface area contributed by atoms with E-state index in [1.54, 1.807) is 6.07 Å². The Morgan fingerprint density at radius 3 is 2.83 bits per heavy atom. The number of carbonyl (C=O) groups excluding carboxylic acids is 1. The SMILES string of the molecule is O=C(NC1COCC1n1nc2c(cc1=O)CCCC2)C1CC=CC1. The molecule has 1 N–H and O–H groups in total. The summed E-state index contributed by atoms with van der Waals surface area (Å²) >= 11 is 0. The van der Waals surface area contributed by atoms with Crippen LogP contribution in [0.25, 0.3) is 0 Å². The van der Waals surface area contributed by atoms with Crippen LogP contribution in [0.4, 0.5) is 0 Å². The van der Waals surface area contributed by atoms with Crippen molar-refractivity contribution in [2.75, 3.05) is 13.2 Å². The van der Waals surface area contributed by atoms with E-state index < -0.39 is 0 Å². The van der Waals surface area contributed by atoms with E-state index in [0.29, 0.717) is 13.2 Å². The van der Waals surface area contributed by atoms with Crippen molar-refractivity contribution in [1.29, 1.82) is 0 Å². The van der Waals surface area contributed by atoms with E-state index in [4.69, 9.17) is 4.74 Å². The first kappa shape index (κ1) is 15.6. The van der Waals surface area contributed by atoms with Crippen molar-refractivity contribution in [1.82, 2.24) is 15.1 Å². The Morgan fingerprint density at radius 2 is 2.00 bits per heavy atom. The molecular formula is C18H23N3O3. The van der Waals surface area contributed by atoms with Gasteiger partial charge < -0.3 is 10.1 Å². The van der Waals surface area contributed by atoms with Crippen molar-refractivity contribution in [3.63, 3.8) is 0 Å². The van der Waals surface area contributed by atoms with E-state index in [1.165, 1.54) is 4.68 Å². The number of nitrogens with one attached hydrogen (secondary N) is 1. The highest BCUT2D eigenvalue weighted by molar-refractivity contribution is 5.79. The van der Waals surface area contributed by atoms with Gasteiger partial charge in [0.15, 0.2) is 0 Å². The van der Waals surface area contributed by atoms with Crippen LogP contribution in [0.3, 0.4) is 0 Å². The standard InChI is InChI=1S/C18H23N3O3/c22-17-9-13-7-3-4-8-14(13)20-21(17)16-11-24-10-15(16)19-18(23)12-5-1-2-6-12/h1-2,9,12,15-16H,3-8,10-11H2,(H,19,23). The smallest absolute Gasteiger partial charge is 0.267 e. The largest absolute Gasteiger partial charge is 0.377 e. The fourth-order valence-electron chi connectivity index (χ4n) is 3.87. The molecule has 1 saturated heterocycles. The van der Waals surface area contributed by atoms with Gasteiger partial charge in [-0.05, 0) is 44.1 Å². The normalized spacial score (nSPS) is 26.5. The molecule has 1 aromatic heterocycles. The molecule has 2 aliphatic carbocycles. The second-order valence-corrected chi connectivity index (χ2v) is 6.97. The first-order valence-electron chi connectivity index (χ1n) is 8.87. The predicted octanol–water partition coefficient (Wildman–Crippen LogP) is 1.14. The van der Waals surface area contributed by atoms with Crippen LogP contribution < -0.4 is 10.9 Å². The molecule has 0 spiro atoms. The van der Waals surface area contributed by atoms with Gasteiger partial charge in [-0.3, -0.25) is 9.59 Å². The van der Waals surface area contributed by atoms with Crippen molar-refractivity contribution in [3.8, 4) is 0 Å². The molecule has 3 aliphatic rings. The van der Waals surface area contributed by atoms with E-state index >= 15 is 0 Å². The molecule has 0 aromatic carbocycles. The Labute approximate surface area is 140 Å². The van der Waals surface area contributed by atoms with E-state index in [2.05, 4.69) is 10.4 Å². The highest BCUT2D eigenvalue weighted by Gasteiger charge is 2.34. The third-order valence-corrected chi connectivity index (χ3v) is 5.30. The summed E-state index contributed by atoms with van der Waals surface area (Å²) < 4.78 is 7.09. The third-order valence-electron chi connectivity index (χ3n) is 5.30. The average Bonchev–Trinajstić information content (AvgIpc) is 3.26. The predicted molar refractivity (Wildman–Crippen MR) is 88.8 cm³/mol. The van der Waals surface area contributed by atoms with Crippen LogP contribution in [0.5, 0.6) is 0 Å². The fourth-order valence-corrected chi connectivity index (χ4v) is 3.87. The average molecular weight is 329 g/mol. The number of nitrogens with zero attached hydrogens (tertiary/aromatic N) is 2. The molecule has 6 nitrogen and oxygen atoms in total. The van der Waals surface area contributed by atoms with Gasteiger partial charge in [-0.1, -0.05) is 12.2 Å². The quantitative estimate of drug-likeness (QED) is 0.844. The topological polar surface area (TPSA) is 73.2 Å². The van der Waals surface area contributed by atoms with Gasteiger partial charge in [0.25, 0.3) is 5.56 Å². The van der Waals surface area contributed by atoms with Crippen molar-refractivity contribution >= 4 is 5.91 Å². The molecule has 2 unspecified atom stereocenters. The van der Waals surface area contributed by atoms with Gasteiger partial charge in [-0.2, -0.15) is 5.10 Å². The summed E-state index contributed by atoms with van der Waals surface area (Å²) in [6, 6.07) is 1.31. The van der Waals surface area contributed by atoms with E-state index in [0.717, 1.165) is 49.8 Å². The summed E-state index contributed by atoms with van der Waals surface area (Å²) in [5, 5.41) is 7.68. The maximum atomic E-state index is 12.5. The number of aryl methyl sites for hydroxylation is 2. The van der Waals surface area contributed by atoms with Gasteiger partial charge in [-0.15, -0.1) is 0 Å². The molecule has 6 heteroatoms.